The van der Waals surface area contributed by atoms with Gasteiger partial charge in [0.05, 0.1) is 12.7 Å². The van der Waals surface area contributed by atoms with Crippen molar-refractivity contribution in [1.82, 2.24) is 6.15 Å². The Bertz CT molecular complexity index is 212. The van der Waals surface area contributed by atoms with Gasteiger partial charge in [-0.3, -0.25) is 0 Å². The summed E-state index contributed by atoms with van der Waals surface area (Å²) in [6.07, 6.45) is 22.4. The SMILES string of the molecule is CCCCCCCCCCCCCCCCCCOC(C)CO.N. The number of hydrogen-bond acceptors (Lipinski definition) is 3. The number of hydrogen-bond donors (Lipinski definition) is 2. The van der Waals surface area contributed by atoms with Crippen LogP contribution >= 0.6 is 0 Å². The first-order valence-electron chi connectivity index (χ1n) is 10.5. The van der Waals surface area contributed by atoms with E-state index >= 15 is 0 Å². The standard InChI is InChI=1S/C21H44O2.H3N/c1-3-4-5-6-7-8-9-10-11-12-13-14-15-16-17-18-19-23-21(2)20-22;/h21-22H,3-20H2,1-2H3;1H3. The summed E-state index contributed by atoms with van der Waals surface area (Å²) in [5, 5.41) is 8.84. The van der Waals surface area contributed by atoms with Gasteiger partial charge >= 0.3 is 0 Å². The molecule has 3 heteroatoms. The van der Waals surface area contributed by atoms with E-state index < -0.39 is 0 Å². The molecule has 0 amide bonds. The molecule has 0 fully saturated rings. The minimum atomic E-state index is 0. The molecule has 0 aliphatic rings. The summed E-state index contributed by atoms with van der Waals surface area (Å²) in [5.74, 6) is 0. The monoisotopic (exact) mass is 345 g/mol. The van der Waals surface area contributed by atoms with E-state index in [9.17, 15) is 0 Å². The van der Waals surface area contributed by atoms with Crippen LogP contribution < -0.4 is 6.15 Å². The summed E-state index contributed by atoms with van der Waals surface area (Å²) in [4.78, 5) is 0. The van der Waals surface area contributed by atoms with Crippen molar-refractivity contribution in [1.29, 1.82) is 0 Å². The lowest BCUT2D eigenvalue weighted by molar-refractivity contribution is 0.0231. The summed E-state index contributed by atoms with van der Waals surface area (Å²) < 4.78 is 5.46. The smallest absolute Gasteiger partial charge is 0.0777 e. The second kappa shape index (κ2) is 22.9. The maximum Gasteiger partial charge on any atom is 0.0777 e. The van der Waals surface area contributed by atoms with Gasteiger partial charge < -0.3 is 16.0 Å². The largest absolute Gasteiger partial charge is 0.394 e. The molecule has 0 aliphatic heterocycles. The molecule has 0 bridgehead atoms. The molecular formula is C21H47NO2. The van der Waals surface area contributed by atoms with Crippen LogP contribution in [0.25, 0.3) is 0 Å². The molecule has 0 saturated heterocycles. The Balaban J connectivity index is 0. The van der Waals surface area contributed by atoms with E-state index in [-0.39, 0.29) is 18.9 Å². The lowest BCUT2D eigenvalue weighted by atomic mass is 10.0. The normalized spacial score (nSPS) is 12.1. The fourth-order valence-electron chi connectivity index (χ4n) is 2.99. The van der Waals surface area contributed by atoms with Gasteiger partial charge in [-0.2, -0.15) is 0 Å². The van der Waals surface area contributed by atoms with Crippen molar-refractivity contribution >= 4 is 0 Å². The summed E-state index contributed by atoms with van der Waals surface area (Å²) in [7, 11) is 0. The Labute approximate surface area is 152 Å². The maximum atomic E-state index is 8.84. The van der Waals surface area contributed by atoms with E-state index in [1.165, 1.54) is 96.3 Å². The van der Waals surface area contributed by atoms with E-state index in [2.05, 4.69) is 6.92 Å². The second-order valence-corrected chi connectivity index (χ2v) is 7.17. The van der Waals surface area contributed by atoms with Crippen molar-refractivity contribution in [2.24, 2.45) is 0 Å². The quantitative estimate of drug-likeness (QED) is 0.253. The van der Waals surface area contributed by atoms with Gasteiger partial charge in [0.2, 0.25) is 0 Å². The first-order valence-corrected chi connectivity index (χ1v) is 10.5. The highest BCUT2D eigenvalue weighted by molar-refractivity contribution is 4.50. The number of unbranched alkanes of at least 4 members (excludes halogenated alkanes) is 15. The summed E-state index contributed by atoms with van der Waals surface area (Å²) >= 11 is 0. The van der Waals surface area contributed by atoms with Crippen LogP contribution in [0.5, 0.6) is 0 Å². The number of aliphatic hydroxyl groups excluding tert-OH is 1. The van der Waals surface area contributed by atoms with Crippen LogP contribution in [-0.4, -0.2) is 24.4 Å². The van der Waals surface area contributed by atoms with E-state index in [1.807, 2.05) is 6.92 Å². The zero-order chi connectivity index (χ0) is 17.0. The molecule has 0 aromatic heterocycles. The summed E-state index contributed by atoms with van der Waals surface area (Å²) in [5.41, 5.74) is 0. The van der Waals surface area contributed by atoms with Gasteiger partial charge in [0.15, 0.2) is 0 Å². The van der Waals surface area contributed by atoms with Crippen LogP contribution in [0.3, 0.4) is 0 Å². The molecule has 0 heterocycles. The Hall–Kier alpha value is -0.120. The third-order valence-electron chi connectivity index (χ3n) is 4.66. The van der Waals surface area contributed by atoms with E-state index in [0.29, 0.717) is 0 Å². The number of rotatable bonds is 19. The molecule has 0 aromatic carbocycles. The maximum absolute atomic E-state index is 8.84. The Morgan fingerprint density at radius 2 is 0.958 bits per heavy atom. The number of ether oxygens (including phenoxy) is 1. The molecule has 1 atom stereocenters. The molecule has 1 unspecified atom stereocenters. The van der Waals surface area contributed by atoms with E-state index in [1.54, 1.807) is 0 Å². The fraction of sp³-hybridized carbons (Fsp3) is 1.00. The molecule has 0 aromatic rings. The lowest BCUT2D eigenvalue weighted by Gasteiger charge is -2.09. The number of aliphatic hydroxyl groups is 1. The van der Waals surface area contributed by atoms with E-state index in [4.69, 9.17) is 9.84 Å². The Morgan fingerprint density at radius 3 is 1.29 bits per heavy atom. The molecule has 0 rings (SSSR count). The minimum absolute atomic E-state index is 0. The third kappa shape index (κ3) is 21.9. The first-order chi connectivity index (χ1) is 11.3. The summed E-state index contributed by atoms with van der Waals surface area (Å²) in [6.45, 7) is 5.15. The molecule has 0 saturated carbocycles. The van der Waals surface area contributed by atoms with Crippen molar-refractivity contribution in [3.63, 3.8) is 0 Å². The molecular weight excluding hydrogens is 298 g/mol. The highest BCUT2D eigenvalue weighted by Gasteiger charge is 1.98. The van der Waals surface area contributed by atoms with Gasteiger partial charge in [-0.25, -0.2) is 0 Å². The Kier molecular flexibility index (Phi) is 24.9. The van der Waals surface area contributed by atoms with E-state index in [0.717, 1.165) is 13.0 Å². The van der Waals surface area contributed by atoms with Gasteiger partial charge in [0.25, 0.3) is 0 Å². The van der Waals surface area contributed by atoms with Crippen LogP contribution in [0, 0.1) is 0 Å². The molecule has 4 N–H and O–H groups in total. The molecule has 0 aliphatic carbocycles. The summed E-state index contributed by atoms with van der Waals surface area (Å²) in [6, 6.07) is 0. The zero-order valence-corrected chi connectivity index (χ0v) is 16.9. The minimum Gasteiger partial charge on any atom is -0.394 e. The van der Waals surface area contributed by atoms with Crippen molar-refractivity contribution in [3.8, 4) is 0 Å². The van der Waals surface area contributed by atoms with Crippen molar-refractivity contribution in [3.05, 3.63) is 0 Å². The first kappa shape index (κ1) is 26.1. The van der Waals surface area contributed by atoms with Crippen LogP contribution in [0.2, 0.25) is 0 Å². The van der Waals surface area contributed by atoms with Crippen LogP contribution in [0.1, 0.15) is 117 Å². The second-order valence-electron chi connectivity index (χ2n) is 7.17. The van der Waals surface area contributed by atoms with Crippen LogP contribution in [-0.2, 0) is 4.74 Å². The van der Waals surface area contributed by atoms with Crippen LogP contribution in [0.15, 0.2) is 0 Å². The average molecular weight is 346 g/mol. The molecule has 24 heavy (non-hydrogen) atoms. The predicted molar refractivity (Wildman–Crippen MR) is 107 cm³/mol. The van der Waals surface area contributed by atoms with Gasteiger partial charge in [-0.1, -0.05) is 103 Å². The lowest BCUT2D eigenvalue weighted by Crippen LogP contribution is -2.13. The average Bonchev–Trinajstić information content (AvgIpc) is 2.57. The van der Waals surface area contributed by atoms with Gasteiger partial charge in [-0.05, 0) is 13.3 Å². The molecule has 0 radical (unpaired) electrons. The van der Waals surface area contributed by atoms with Crippen molar-refractivity contribution < 1.29 is 9.84 Å². The fourth-order valence-corrected chi connectivity index (χ4v) is 2.99. The zero-order valence-electron chi connectivity index (χ0n) is 16.9. The highest BCUT2D eigenvalue weighted by atomic mass is 16.5. The van der Waals surface area contributed by atoms with Crippen LogP contribution in [0.4, 0.5) is 0 Å². The van der Waals surface area contributed by atoms with Crippen molar-refractivity contribution in [2.45, 2.75) is 123 Å². The predicted octanol–water partition coefficient (Wildman–Crippen LogP) is 6.81. The van der Waals surface area contributed by atoms with Crippen molar-refractivity contribution in [2.75, 3.05) is 13.2 Å². The third-order valence-corrected chi connectivity index (χ3v) is 4.66. The molecule has 0 spiro atoms. The topological polar surface area (TPSA) is 64.5 Å². The Morgan fingerprint density at radius 1 is 0.625 bits per heavy atom. The molecule has 3 nitrogen and oxygen atoms in total. The highest BCUT2D eigenvalue weighted by Crippen LogP contribution is 2.13. The van der Waals surface area contributed by atoms with Gasteiger partial charge in [0.1, 0.15) is 0 Å². The van der Waals surface area contributed by atoms with Gasteiger partial charge in [-0.15, -0.1) is 0 Å². The molecule has 148 valence electrons. The van der Waals surface area contributed by atoms with Gasteiger partial charge in [0, 0.05) is 6.61 Å².